The van der Waals surface area contributed by atoms with Gasteiger partial charge in [0.25, 0.3) is 5.91 Å². The van der Waals surface area contributed by atoms with Crippen molar-refractivity contribution in [3.05, 3.63) is 47.3 Å². The van der Waals surface area contributed by atoms with Crippen molar-refractivity contribution in [3.63, 3.8) is 0 Å². The third kappa shape index (κ3) is 4.19. The number of amides is 1. The van der Waals surface area contributed by atoms with Gasteiger partial charge in [-0.1, -0.05) is 6.92 Å². The third-order valence-corrected chi connectivity index (χ3v) is 5.58. The monoisotopic (exact) mass is 369 g/mol. The molecule has 0 unspecified atom stereocenters. The number of carbonyl (C=O) groups excluding carboxylic acids is 1. The summed E-state index contributed by atoms with van der Waals surface area (Å²) in [6.07, 6.45) is 2.16. The number of nitrogens with zero attached hydrogens (tertiary/aromatic N) is 2. The molecule has 2 aromatic rings. The Bertz CT molecular complexity index is 772. The smallest absolute Gasteiger partial charge is 0.255 e. The largest absolute Gasteiger partial charge is 0.497 e. The van der Waals surface area contributed by atoms with Gasteiger partial charge in [-0.2, -0.15) is 0 Å². The van der Waals surface area contributed by atoms with Crippen LogP contribution in [0.3, 0.4) is 0 Å². The molecule has 5 heteroatoms. The van der Waals surface area contributed by atoms with Crippen molar-refractivity contribution in [1.29, 1.82) is 0 Å². The number of benzene rings is 1. The van der Waals surface area contributed by atoms with E-state index in [0.717, 1.165) is 67.4 Å². The number of nitrogens with one attached hydrogen (secondary N) is 1. The van der Waals surface area contributed by atoms with Gasteiger partial charge in [0.05, 0.1) is 12.7 Å². The summed E-state index contributed by atoms with van der Waals surface area (Å²) in [5.41, 5.74) is 3.93. The van der Waals surface area contributed by atoms with Crippen LogP contribution >= 0.6 is 0 Å². The molecule has 0 aliphatic carbocycles. The molecule has 1 aliphatic heterocycles. The van der Waals surface area contributed by atoms with Crippen LogP contribution in [0.25, 0.3) is 5.69 Å². The second-order valence-corrected chi connectivity index (χ2v) is 7.36. The second-order valence-electron chi connectivity index (χ2n) is 7.36. The number of ether oxygens (including phenoxy) is 1. The Morgan fingerprint density at radius 2 is 1.85 bits per heavy atom. The van der Waals surface area contributed by atoms with Crippen molar-refractivity contribution < 1.29 is 9.53 Å². The zero-order valence-electron chi connectivity index (χ0n) is 16.9. The van der Waals surface area contributed by atoms with E-state index in [2.05, 4.69) is 23.7 Å². The molecule has 0 spiro atoms. The van der Waals surface area contributed by atoms with E-state index >= 15 is 0 Å². The van der Waals surface area contributed by atoms with Gasteiger partial charge < -0.3 is 19.5 Å². The van der Waals surface area contributed by atoms with Gasteiger partial charge in [-0.15, -0.1) is 0 Å². The molecule has 1 saturated heterocycles. The normalized spacial score (nSPS) is 15.2. The molecule has 5 nitrogen and oxygen atoms in total. The molecule has 27 heavy (non-hydrogen) atoms. The van der Waals surface area contributed by atoms with Crippen LogP contribution < -0.4 is 10.1 Å². The number of hydrogen-bond donors (Lipinski definition) is 1. The van der Waals surface area contributed by atoms with E-state index in [1.807, 2.05) is 42.2 Å². The fraction of sp³-hybridized carbons (Fsp3) is 0.500. The van der Waals surface area contributed by atoms with Gasteiger partial charge in [-0.25, -0.2) is 0 Å². The minimum Gasteiger partial charge on any atom is -0.497 e. The van der Waals surface area contributed by atoms with Crippen LogP contribution in [0.2, 0.25) is 0 Å². The van der Waals surface area contributed by atoms with Gasteiger partial charge in [-0.05, 0) is 76.0 Å². The highest BCUT2D eigenvalue weighted by Gasteiger charge is 2.26. The van der Waals surface area contributed by atoms with Gasteiger partial charge in [0.15, 0.2) is 0 Å². The van der Waals surface area contributed by atoms with Gasteiger partial charge in [0, 0.05) is 30.2 Å². The van der Waals surface area contributed by atoms with Crippen LogP contribution in [0.5, 0.6) is 5.75 Å². The molecule has 0 saturated carbocycles. The molecule has 1 fully saturated rings. The van der Waals surface area contributed by atoms with E-state index in [4.69, 9.17) is 4.74 Å². The van der Waals surface area contributed by atoms with Crippen LogP contribution in [0.15, 0.2) is 30.3 Å². The van der Waals surface area contributed by atoms with Crippen molar-refractivity contribution in [2.75, 3.05) is 33.3 Å². The average molecular weight is 370 g/mol. The van der Waals surface area contributed by atoms with Gasteiger partial charge in [0.2, 0.25) is 0 Å². The molecule has 0 atom stereocenters. The minimum absolute atomic E-state index is 0.157. The maximum atomic E-state index is 13.1. The van der Waals surface area contributed by atoms with Gasteiger partial charge in [0.1, 0.15) is 5.75 Å². The van der Waals surface area contributed by atoms with Crippen LogP contribution in [0.4, 0.5) is 0 Å². The standard InChI is InChI=1S/C22H31N3O2/c1-5-23-15-18-10-12-24(13-11-18)22(26)21-14-16(2)25(17(21)3)19-6-8-20(27-4)9-7-19/h6-9,14,18,23H,5,10-13,15H2,1-4H3. The molecule has 1 aromatic heterocycles. The summed E-state index contributed by atoms with van der Waals surface area (Å²) < 4.78 is 7.39. The first kappa shape index (κ1) is 19.5. The summed E-state index contributed by atoms with van der Waals surface area (Å²) in [5, 5.41) is 3.42. The molecule has 146 valence electrons. The third-order valence-electron chi connectivity index (χ3n) is 5.58. The lowest BCUT2D eigenvalue weighted by atomic mass is 9.96. The fourth-order valence-corrected chi connectivity index (χ4v) is 3.97. The first-order valence-corrected chi connectivity index (χ1v) is 9.88. The van der Waals surface area contributed by atoms with Gasteiger partial charge in [-0.3, -0.25) is 4.79 Å². The fourth-order valence-electron chi connectivity index (χ4n) is 3.97. The number of likely N-dealkylation sites (tertiary alicyclic amines) is 1. The molecule has 3 rings (SSSR count). The zero-order valence-corrected chi connectivity index (χ0v) is 16.9. The highest BCUT2D eigenvalue weighted by Crippen LogP contribution is 2.25. The first-order chi connectivity index (χ1) is 13.0. The number of hydrogen-bond acceptors (Lipinski definition) is 3. The molecule has 1 N–H and O–H groups in total. The van der Waals surface area contributed by atoms with Crippen molar-refractivity contribution in [2.24, 2.45) is 5.92 Å². The molecule has 1 aromatic carbocycles. The van der Waals surface area contributed by atoms with E-state index in [9.17, 15) is 4.79 Å². The maximum Gasteiger partial charge on any atom is 0.255 e. The predicted molar refractivity (Wildman–Crippen MR) is 109 cm³/mol. The molecule has 2 heterocycles. The van der Waals surface area contributed by atoms with Crippen molar-refractivity contribution >= 4 is 5.91 Å². The quantitative estimate of drug-likeness (QED) is 0.847. The molecule has 1 aliphatic rings. The number of carbonyl (C=O) groups is 1. The van der Waals surface area contributed by atoms with Crippen LogP contribution in [-0.2, 0) is 0 Å². The Morgan fingerprint density at radius 3 is 2.44 bits per heavy atom. The first-order valence-electron chi connectivity index (χ1n) is 9.88. The van der Waals surface area contributed by atoms with Crippen molar-refractivity contribution in [3.8, 4) is 11.4 Å². The Morgan fingerprint density at radius 1 is 1.19 bits per heavy atom. The number of aryl methyl sites for hydroxylation is 1. The summed E-state index contributed by atoms with van der Waals surface area (Å²) in [6.45, 7) is 9.99. The Balaban J connectivity index is 1.75. The minimum atomic E-state index is 0.157. The molecule has 0 bridgehead atoms. The zero-order chi connectivity index (χ0) is 19.4. The highest BCUT2D eigenvalue weighted by molar-refractivity contribution is 5.96. The van der Waals surface area contributed by atoms with Crippen LogP contribution in [0.1, 0.15) is 41.5 Å². The number of piperidine rings is 1. The molecular formula is C22H31N3O2. The topological polar surface area (TPSA) is 46.5 Å². The molecule has 1 amide bonds. The summed E-state index contributed by atoms with van der Waals surface area (Å²) >= 11 is 0. The van der Waals surface area contributed by atoms with E-state index in [-0.39, 0.29) is 5.91 Å². The maximum absolute atomic E-state index is 13.1. The van der Waals surface area contributed by atoms with E-state index in [1.54, 1.807) is 7.11 Å². The predicted octanol–water partition coefficient (Wildman–Crippen LogP) is 3.56. The van der Waals surface area contributed by atoms with Crippen molar-refractivity contribution in [1.82, 2.24) is 14.8 Å². The summed E-state index contributed by atoms with van der Waals surface area (Å²) in [7, 11) is 1.67. The SMILES string of the molecule is CCNCC1CCN(C(=O)c2cc(C)n(-c3ccc(OC)cc3)c2C)CC1. The Kier molecular flexibility index (Phi) is 6.22. The number of rotatable bonds is 6. The lowest BCUT2D eigenvalue weighted by Gasteiger charge is -2.32. The highest BCUT2D eigenvalue weighted by atomic mass is 16.5. The molecular weight excluding hydrogens is 338 g/mol. The number of methoxy groups -OCH3 is 1. The van der Waals surface area contributed by atoms with E-state index in [1.165, 1.54) is 0 Å². The van der Waals surface area contributed by atoms with Gasteiger partial charge >= 0.3 is 0 Å². The van der Waals surface area contributed by atoms with Crippen molar-refractivity contribution in [2.45, 2.75) is 33.6 Å². The van der Waals surface area contributed by atoms with E-state index < -0.39 is 0 Å². The molecule has 0 radical (unpaired) electrons. The summed E-state index contributed by atoms with van der Waals surface area (Å²) in [6, 6.07) is 9.97. The summed E-state index contributed by atoms with van der Waals surface area (Å²) in [4.78, 5) is 15.1. The van der Waals surface area contributed by atoms with E-state index in [0.29, 0.717) is 5.92 Å². The Labute approximate surface area is 162 Å². The lowest BCUT2D eigenvalue weighted by Crippen LogP contribution is -2.40. The van der Waals surface area contributed by atoms with Crippen LogP contribution in [0, 0.1) is 19.8 Å². The second kappa shape index (κ2) is 8.61. The van der Waals surface area contributed by atoms with Crippen LogP contribution in [-0.4, -0.2) is 48.7 Å². The summed E-state index contributed by atoms with van der Waals surface area (Å²) in [5.74, 6) is 1.67. The number of aromatic nitrogens is 1. The lowest BCUT2D eigenvalue weighted by molar-refractivity contribution is 0.0689. The Hall–Kier alpha value is -2.27. The average Bonchev–Trinajstić information content (AvgIpc) is 3.00.